The molecule has 1 aromatic heterocycles. The number of aromatic nitrogens is 3. The van der Waals surface area contributed by atoms with Crippen LogP contribution in [0.15, 0.2) is 18.2 Å². The van der Waals surface area contributed by atoms with Crippen LogP contribution in [0.4, 0.5) is 0 Å². The van der Waals surface area contributed by atoms with Crippen molar-refractivity contribution in [2.24, 2.45) is 5.73 Å². The second-order valence-corrected chi connectivity index (χ2v) is 4.97. The molecule has 0 bridgehead atoms. The normalized spacial score (nSPS) is 10.9. The van der Waals surface area contributed by atoms with Crippen molar-refractivity contribution >= 4 is 0 Å². The molecule has 5 nitrogen and oxygen atoms in total. The molecule has 0 aliphatic heterocycles. The summed E-state index contributed by atoms with van der Waals surface area (Å²) in [7, 11) is 0. The molecule has 0 aliphatic carbocycles. The highest BCUT2D eigenvalue weighted by atomic mass is 16.5. The van der Waals surface area contributed by atoms with E-state index in [-0.39, 0.29) is 6.10 Å². The molecule has 106 valence electrons. The van der Waals surface area contributed by atoms with E-state index in [1.807, 2.05) is 45.9 Å². The Labute approximate surface area is 119 Å². The van der Waals surface area contributed by atoms with E-state index < -0.39 is 0 Å². The van der Waals surface area contributed by atoms with Gasteiger partial charge in [0, 0.05) is 5.56 Å². The maximum absolute atomic E-state index is 5.73. The highest BCUT2D eigenvalue weighted by molar-refractivity contribution is 5.58. The van der Waals surface area contributed by atoms with Crippen LogP contribution in [0, 0.1) is 13.8 Å². The number of aryl methyl sites for hydroxylation is 2. The van der Waals surface area contributed by atoms with E-state index in [4.69, 9.17) is 10.5 Å². The molecule has 20 heavy (non-hydrogen) atoms. The van der Waals surface area contributed by atoms with Crippen LogP contribution in [0.2, 0.25) is 0 Å². The molecule has 1 heterocycles. The van der Waals surface area contributed by atoms with Crippen molar-refractivity contribution in [3.63, 3.8) is 0 Å². The Morgan fingerprint density at radius 1 is 1.15 bits per heavy atom. The van der Waals surface area contributed by atoms with Crippen LogP contribution in [-0.2, 0) is 6.54 Å². The Morgan fingerprint density at radius 2 is 1.90 bits per heavy atom. The molecule has 0 radical (unpaired) electrons. The summed E-state index contributed by atoms with van der Waals surface area (Å²) >= 11 is 0. The van der Waals surface area contributed by atoms with Gasteiger partial charge in [0.15, 0.2) is 5.82 Å². The molecule has 5 heteroatoms. The van der Waals surface area contributed by atoms with Gasteiger partial charge >= 0.3 is 0 Å². The summed E-state index contributed by atoms with van der Waals surface area (Å²) in [6, 6.07) is 5.93. The number of benzene rings is 1. The molecule has 0 unspecified atom stereocenters. The van der Waals surface area contributed by atoms with Crippen molar-refractivity contribution in [2.45, 2.75) is 40.3 Å². The lowest BCUT2D eigenvalue weighted by molar-refractivity contribution is 0.241. The van der Waals surface area contributed by atoms with E-state index in [0.717, 1.165) is 16.9 Å². The SMILES string of the molecule is Cc1nc(CN)nc(-c2ccc(OC(C)C)c(C)c2)n1. The lowest BCUT2D eigenvalue weighted by Gasteiger charge is -2.13. The van der Waals surface area contributed by atoms with Gasteiger partial charge in [0.1, 0.15) is 17.4 Å². The lowest BCUT2D eigenvalue weighted by atomic mass is 10.1. The Morgan fingerprint density at radius 3 is 2.50 bits per heavy atom. The average Bonchev–Trinajstić information content (AvgIpc) is 2.39. The van der Waals surface area contributed by atoms with Gasteiger partial charge in [-0.05, 0) is 51.5 Å². The van der Waals surface area contributed by atoms with E-state index in [1.54, 1.807) is 0 Å². The summed E-state index contributed by atoms with van der Waals surface area (Å²) in [5, 5.41) is 0. The average molecular weight is 272 g/mol. The zero-order valence-electron chi connectivity index (χ0n) is 12.3. The highest BCUT2D eigenvalue weighted by Crippen LogP contribution is 2.25. The maximum atomic E-state index is 5.73. The van der Waals surface area contributed by atoms with Gasteiger partial charge in [0.05, 0.1) is 12.6 Å². The molecule has 0 aliphatic rings. The molecule has 0 saturated heterocycles. The third kappa shape index (κ3) is 3.30. The quantitative estimate of drug-likeness (QED) is 0.925. The van der Waals surface area contributed by atoms with E-state index >= 15 is 0 Å². The fourth-order valence-corrected chi connectivity index (χ4v) is 1.93. The van der Waals surface area contributed by atoms with Gasteiger partial charge in [-0.3, -0.25) is 0 Å². The molecule has 0 amide bonds. The number of hydrogen-bond donors (Lipinski definition) is 1. The summed E-state index contributed by atoms with van der Waals surface area (Å²) < 4.78 is 5.73. The van der Waals surface area contributed by atoms with Gasteiger partial charge in [0.2, 0.25) is 0 Å². The van der Waals surface area contributed by atoms with Gasteiger partial charge in [-0.2, -0.15) is 0 Å². The van der Waals surface area contributed by atoms with E-state index in [1.165, 1.54) is 0 Å². The van der Waals surface area contributed by atoms with Gasteiger partial charge < -0.3 is 10.5 Å². The molecule has 0 atom stereocenters. The molecule has 0 spiro atoms. The first kappa shape index (κ1) is 14.4. The number of rotatable bonds is 4. The predicted octanol–water partition coefficient (Wildman–Crippen LogP) is 2.40. The van der Waals surface area contributed by atoms with Crippen molar-refractivity contribution in [2.75, 3.05) is 0 Å². The van der Waals surface area contributed by atoms with Crippen LogP contribution in [-0.4, -0.2) is 21.1 Å². The van der Waals surface area contributed by atoms with Crippen molar-refractivity contribution in [3.05, 3.63) is 35.4 Å². The Hall–Kier alpha value is -2.01. The largest absolute Gasteiger partial charge is 0.491 e. The van der Waals surface area contributed by atoms with Crippen LogP contribution in [0.25, 0.3) is 11.4 Å². The monoisotopic (exact) mass is 272 g/mol. The van der Waals surface area contributed by atoms with Crippen LogP contribution < -0.4 is 10.5 Å². The smallest absolute Gasteiger partial charge is 0.163 e. The Bertz CT molecular complexity index is 611. The first-order valence-corrected chi connectivity index (χ1v) is 6.69. The third-order valence-electron chi connectivity index (χ3n) is 2.77. The number of hydrogen-bond acceptors (Lipinski definition) is 5. The topological polar surface area (TPSA) is 73.9 Å². The van der Waals surface area contributed by atoms with Crippen molar-refractivity contribution in [3.8, 4) is 17.1 Å². The van der Waals surface area contributed by atoms with Crippen LogP contribution in [0.3, 0.4) is 0 Å². The number of nitrogens with zero attached hydrogens (tertiary/aromatic N) is 3. The molecular formula is C15H20N4O. The molecule has 1 aromatic carbocycles. The minimum atomic E-state index is 0.155. The zero-order valence-corrected chi connectivity index (χ0v) is 12.3. The molecule has 2 N–H and O–H groups in total. The maximum Gasteiger partial charge on any atom is 0.163 e. The Kier molecular flexibility index (Phi) is 4.29. The summed E-state index contributed by atoms with van der Waals surface area (Å²) in [5.41, 5.74) is 7.60. The van der Waals surface area contributed by atoms with Crippen molar-refractivity contribution < 1.29 is 4.74 Å². The Balaban J connectivity index is 2.38. The zero-order chi connectivity index (χ0) is 14.7. The first-order chi connectivity index (χ1) is 9.49. The van der Waals surface area contributed by atoms with Crippen LogP contribution in [0.1, 0.15) is 31.1 Å². The van der Waals surface area contributed by atoms with Crippen LogP contribution >= 0.6 is 0 Å². The second-order valence-electron chi connectivity index (χ2n) is 4.97. The van der Waals surface area contributed by atoms with E-state index in [2.05, 4.69) is 15.0 Å². The molecular weight excluding hydrogens is 252 g/mol. The molecule has 2 rings (SSSR count). The third-order valence-corrected chi connectivity index (χ3v) is 2.77. The van der Waals surface area contributed by atoms with Gasteiger partial charge in [-0.15, -0.1) is 0 Å². The fraction of sp³-hybridized carbons (Fsp3) is 0.400. The van der Waals surface area contributed by atoms with Crippen molar-refractivity contribution in [1.29, 1.82) is 0 Å². The molecule has 0 saturated carbocycles. The molecule has 2 aromatic rings. The number of nitrogens with two attached hydrogens (primary N) is 1. The summed E-state index contributed by atoms with van der Waals surface area (Å²) in [5.74, 6) is 2.81. The first-order valence-electron chi connectivity index (χ1n) is 6.69. The fourth-order valence-electron chi connectivity index (χ4n) is 1.93. The predicted molar refractivity (Wildman–Crippen MR) is 78.4 cm³/mol. The second kappa shape index (κ2) is 5.96. The highest BCUT2D eigenvalue weighted by Gasteiger charge is 2.09. The minimum absolute atomic E-state index is 0.155. The number of ether oxygens (including phenoxy) is 1. The minimum Gasteiger partial charge on any atom is -0.491 e. The summed E-state index contributed by atoms with van der Waals surface area (Å²) in [6.45, 7) is 8.18. The van der Waals surface area contributed by atoms with E-state index in [0.29, 0.717) is 24.0 Å². The van der Waals surface area contributed by atoms with Gasteiger partial charge in [-0.1, -0.05) is 0 Å². The van der Waals surface area contributed by atoms with Gasteiger partial charge in [-0.25, -0.2) is 15.0 Å². The van der Waals surface area contributed by atoms with E-state index in [9.17, 15) is 0 Å². The summed E-state index contributed by atoms with van der Waals surface area (Å²) in [4.78, 5) is 12.9. The molecule has 0 fully saturated rings. The van der Waals surface area contributed by atoms with Gasteiger partial charge in [0.25, 0.3) is 0 Å². The van der Waals surface area contributed by atoms with Crippen LogP contribution in [0.5, 0.6) is 5.75 Å². The lowest BCUT2D eigenvalue weighted by Crippen LogP contribution is -2.08. The summed E-state index contributed by atoms with van der Waals surface area (Å²) in [6.07, 6.45) is 0.155. The standard InChI is InChI=1S/C15H20N4O/c1-9(2)20-13-6-5-12(7-10(13)3)15-18-11(4)17-14(8-16)19-15/h5-7,9H,8,16H2,1-4H3. The van der Waals surface area contributed by atoms with Crippen molar-refractivity contribution in [1.82, 2.24) is 15.0 Å².